The summed E-state index contributed by atoms with van der Waals surface area (Å²) in [5.74, 6) is 1.36. The lowest BCUT2D eigenvalue weighted by Gasteiger charge is -2.37. The molecule has 0 N–H and O–H groups in total. The second-order valence-corrected chi connectivity index (χ2v) is 5.32. The molecule has 94 valence electrons. The van der Waals surface area contributed by atoms with Gasteiger partial charge in [-0.15, -0.1) is 0 Å². The first-order chi connectivity index (χ1) is 8.22. The lowest BCUT2D eigenvalue weighted by atomic mass is 9.79. The number of nitriles is 1. The van der Waals surface area contributed by atoms with Gasteiger partial charge in [0.25, 0.3) is 0 Å². The van der Waals surface area contributed by atoms with Crippen LogP contribution >= 0.6 is 0 Å². The predicted octanol–water partition coefficient (Wildman–Crippen LogP) is 2.20. The summed E-state index contributed by atoms with van der Waals surface area (Å²) in [7, 11) is 0. The van der Waals surface area contributed by atoms with E-state index in [1.54, 1.807) is 0 Å². The van der Waals surface area contributed by atoms with Crippen LogP contribution in [0.5, 0.6) is 0 Å². The fraction of sp³-hybridized carbons (Fsp3) is 0.786. The van der Waals surface area contributed by atoms with Crippen LogP contribution in [0, 0.1) is 23.2 Å². The van der Waals surface area contributed by atoms with Crippen LogP contribution in [-0.2, 0) is 4.74 Å². The van der Waals surface area contributed by atoms with Gasteiger partial charge >= 0.3 is 0 Å². The molecule has 1 heterocycles. The Kier molecular flexibility index (Phi) is 4.20. The molecule has 3 atom stereocenters. The van der Waals surface area contributed by atoms with E-state index in [2.05, 4.69) is 30.9 Å². The van der Waals surface area contributed by atoms with Crippen LogP contribution in [0.2, 0.25) is 0 Å². The van der Waals surface area contributed by atoms with Gasteiger partial charge in [-0.1, -0.05) is 18.6 Å². The quantitative estimate of drug-likeness (QED) is 0.687. The third-order valence-corrected chi connectivity index (χ3v) is 4.18. The Morgan fingerprint density at radius 1 is 1.59 bits per heavy atom. The third kappa shape index (κ3) is 2.88. The van der Waals surface area contributed by atoms with E-state index in [0.717, 1.165) is 25.6 Å². The Bertz CT molecular complexity index is 332. The van der Waals surface area contributed by atoms with E-state index in [-0.39, 0.29) is 6.04 Å². The van der Waals surface area contributed by atoms with Gasteiger partial charge in [0.1, 0.15) is 6.04 Å². The first-order valence-electron chi connectivity index (χ1n) is 6.60. The summed E-state index contributed by atoms with van der Waals surface area (Å²) in [5.41, 5.74) is 1.51. The van der Waals surface area contributed by atoms with Crippen LogP contribution in [0.4, 0.5) is 0 Å². The van der Waals surface area contributed by atoms with Crippen molar-refractivity contribution in [1.29, 1.82) is 5.26 Å². The summed E-state index contributed by atoms with van der Waals surface area (Å²) in [6.45, 7) is 7.83. The van der Waals surface area contributed by atoms with Crippen molar-refractivity contribution in [3.8, 4) is 6.07 Å². The molecule has 0 aromatic heterocycles. The highest BCUT2D eigenvalue weighted by Crippen LogP contribution is 2.31. The second kappa shape index (κ2) is 5.66. The van der Waals surface area contributed by atoms with Gasteiger partial charge < -0.3 is 4.74 Å². The highest BCUT2D eigenvalue weighted by molar-refractivity contribution is 5.10. The van der Waals surface area contributed by atoms with Crippen LogP contribution in [0.3, 0.4) is 0 Å². The van der Waals surface area contributed by atoms with Crippen molar-refractivity contribution in [2.75, 3.05) is 26.3 Å². The normalized spacial score (nSPS) is 35.1. The van der Waals surface area contributed by atoms with Crippen molar-refractivity contribution in [3.05, 3.63) is 11.6 Å². The van der Waals surface area contributed by atoms with E-state index in [1.807, 2.05) is 0 Å². The van der Waals surface area contributed by atoms with E-state index in [9.17, 15) is 0 Å². The van der Waals surface area contributed by atoms with Crippen molar-refractivity contribution in [1.82, 2.24) is 4.90 Å². The Morgan fingerprint density at radius 2 is 2.41 bits per heavy atom. The summed E-state index contributed by atoms with van der Waals surface area (Å²) < 4.78 is 5.37. The number of allylic oxidation sites excluding steroid dienone is 1. The SMILES string of the molecule is CC1=CCCC(C)C1CN1CCOCC1C#N. The van der Waals surface area contributed by atoms with Crippen LogP contribution in [-0.4, -0.2) is 37.2 Å². The molecule has 1 aliphatic heterocycles. The summed E-state index contributed by atoms with van der Waals surface area (Å²) in [5, 5.41) is 9.14. The Hall–Kier alpha value is -0.850. The van der Waals surface area contributed by atoms with Crippen molar-refractivity contribution in [3.63, 3.8) is 0 Å². The molecule has 17 heavy (non-hydrogen) atoms. The monoisotopic (exact) mass is 234 g/mol. The average Bonchev–Trinajstić information content (AvgIpc) is 2.34. The van der Waals surface area contributed by atoms with Gasteiger partial charge in [0.05, 0.1) is 19.3 Å². The maximum absolute atomic E-state index is 9.14. The molecule has 0 saturated carbocycles. The van der Waals surface area contributed by atoms with Crippen molar-refractivity contribution in [2.24, 2.45) is 11.8 Å². The number of morpholine rings is 1. The zero-order chi connectivity index (χ0) is 12.3. The summed E-state index contributed by atoms with van der Waals surface area (Å²) in [4.78, 5) is 2.30. The zero-order valence-corrected chi connectivity index (χ0v) is 10.9. The number of hydrogen-bond donors (Lipinski definition) is 0. The first-order valence-corrected chi connectivity index (χ1v) is 6.60. The second-order valence-electron chi connectivity index (χ2n) is 5.32. The molecule has 2 aliphatic rings. The van der Waals surface area contributed by atoms with E-state index < -0.39 is 0 Å². The maximum atomic E-state index is 9.14. The van der Waals surface area contributed by atoms with Gasteiger partial charge in [-0.2, -0.15) is 5.26 Å². The average molecular weight is 234 g/mol. The molecular formula is C14H22N2O. The minimum absolute atomic E-state index is 0.0503. The van der Waals surface area contributed by atoms with Gasteiger partial charge in [0.15, 0.2) is 0 Å². The van der Waals surface area contributed by atoms with Crippen LogP contribution in [0.25, 0.3) is 0 Å². The largest absolute Gasteiger partial charge is 0.377 e. The number of nitrogens with zero attached hydrogens (tertiary/aromatic N) is 2. The smallest absolute Gasteiger partial charge is 0.121 e. The fourth-order valence-corrected chi connectivity index (χ4v) is 2.93. The van der Waals surface area contributed by atoms with Gasteiger partial charge in [-0.05, 0) is 31.6 Å². The highest BCUT2D eigenvalue weighted by atomic mass is 16.5. The van der Waals surface area contributed by atoms with Gasteiger partial charge in [-0.3, -0.25) is 4.90 Å². The molecule has 3 nitrogen and oxygen atoms in total. The topological polar surface area (TPSA) is 36.3 Å². The van der Waals surface area contributed by atoms with Crippen molar-refractivity contribution in [2.45, 2.75) is 32.7 Å². The summed E-state index contributed by atoms with van der Waals surface area (Å²) in [6, 6.07) is 2.30. The molecule has 1 saturated heterocycles. The number of ether oxygens (including phenoxy) is 1. The Balaban J connectivity index is 2.01. The van der Waals surface area contributed by atoms with Gasteiger partial charge in [0, 0.05) is 13.1 Å². The van der Waals surface area contributed by atoms with E-state index in [4.69, 9.17) is 10.00 Å². The third-order valence-electron chi connectivity index (χ3n) is 4.18. The molecule has 3 unspecified atom stereocenters. The molecule has 1 fully saturated rings. The Labute approximate surface area is 104 Å². The number of rotatable bonds is 2. The van der Waals surface area contributed by atoms with E-state index in [0.29, 0.717) is 12.5 Å². The molecule has 0 aromatic rings. The molecule has 0 radical (unpaired) electrons. The van der Waals surface area contributed by atoms with Gasteiger partial charge in [0.2, 0.25) is 0 Å². The highest BCUT2D eigenvalue weighted by Gasteiger charge is 2.29. The maximum Gasteiger partial charge on any atom is 0.121 e. The molecule has 0 bridgehead atoms. The van der Waals surface area contributed by atoms with Gasteiger partial charge in [-0.25, -0.2) is 0 Å². The minimum atomic E-state index is -0.0503. The number of hydrogen-bond acceptors (Lipinski definition) is 3. The standard InChI is InChI=1S/C14H22N2O/c1-11-4-3-5-12(2)14(11)9-16-6-7-17-10-13(16)8-15/h4,12-14H,3,5-7,9-10H2,1-2H3. The van der Waals surface area contributed by atoms with Crippen LogP contribution in [0.1, 0.15) is 26.7 Å². The molecule has 0 amide bonds. The molecule has 3 heteroatoms. The Morgan fingerprint density at radius 3 is 3.12 bits per heavy atom. The van der Waals surface area contributed by atoms with Crippen LogP contribution < -0.4 is 0 Å². The lowest BCUT2D eigenvalue weighted by Crippen LogP contribution is -2.47. The predicted molar refractivity (Wildman–Crippen MR) is 67.4 cm³/mol. The molecule has 1 aliphatic carbocycles. The molecule has 0 spiro atoms. The van der Waals surface area contributed by atoms with E-state index in [1.165, 1.54) is 18.4 Å². The van der Waals surface area contributed by atoms with Crippen molar-refractivity contribution < 1.29 is 4.74 Å². The zero-order valence-electron chi connectivity index (χ0n) is 10.9. The summed E-state index contributed by atoms with van der Waals surface area (Å²) in [6.07, 6.45) is 4.87. The first kappa shape index (κ1) is 12.6. The molecule has 0 aromatic carbocycles. The minimum Gasteiger partial charge on any atom is -0.377 e. The molecular weight excluding hydrogens is 212 g/mol. The lowest BCUT2D eigenvalue weighted by molar-refractivity contribution is 0.00410. The molecule has 2 rings (SSSR count). The summed E-state index contributed by atoms with van der Waals surface area (Å²) >= 11 is 0. The van der Waals surface area contributed by atoms with Crippen LogP contribution in [0.15, 0.2) is 11.6 Å². The fourth-order valence-electron chi connectivity index (χ4n) is 2.93. The van der Waals surface area contributed by atoms with E-state index >= 15 is 0 Å². The van der Waals surface area contributed by atoms with Crippen molar-refractivity contribution >= 4 is 0 Å².